The summed E-state index contributed by atoms with van der Waals surface area (Å²) in [7, 11) is 1.61. The number of nitrogens with one attached hydrogen (secondary N) is 1. The van der Waals surface area contributed by atoms with Crippen LogP contribution < -0.4 is 10.1 Å². The molecule has 1 aliphatic carbocycles. The van der Waals surface area contributed by atoms with Gasteiger partial charge in [0, 0.05) is 6.54 Å². The van der Waals surface area contributed by atoms with Gasteiger partial charge in [0.15, 0.2) is 0 Å². The first kappa shape index (κ1) is 19.3. The van der Waals surface area contributed by atoms with Gasteiger partial charge in [-0.3, -0.25) is 9.59 Å². The van der Waals surface area contributed by atoms with Crippen LogP contribution in [0.4, 0.5) is 0 Å². The topological polar surface area (TPSA) is 75.6 Å². The average Bonchev–Trinajstić information content (AvgIpc) is 3.09. The van der Waals surface area contributed by atoms with Crippen LogP contribution in [0.2, 0.25) is 0 Å². The van der Waals surface area contributed by atoms with Gasteiger partial charge in [0.25, 0.3) is 0 Å². The summed E-state index contributed by atoms with van der Waals surface area (Å²) in [5.41, 5.74) is 0.382. The van der Waals surface area contributed by atoms with Crippen LogP contribution in [0.25, 0.3) is 0 Å². The molecule has 0 aromatic heterocycles. The van der Waals surface area contributed by atoms with E-state index < -0.39 is 17.3 Å². The Morgan fingerprint density at radius 2 is 1.96 bits per heavy atom. The number of hydrogen-bond donors (Lipinski definition) is 2. The third-order valence-corrected chi connectivity index (χ3v) is 5.13. The summed E-state index contributed by atoms with van der Waals surface area (Å²) in [6, 6.07) is 7.66. The SMILES string of the molecule is COc1cccc(C2(C(=O)NCC(CC(C)C)C(=O)O)CCCC2)c1. The number of methoxy groups -OCH3 is 1. The molecule has 25 heavy (non-hydrogen) atoms. The van der Waals surface area contributed by atoms with E-state index in [0.717, 1.165) is 37.0 Å². The lowest BCUT2D eigenvalue weighted by Crippen LogP contribution is -2.45. The Morgan fingerprint density at radius 3 is 2.52 bits per heavy atom. The molecule has 1 aromatic carbocycles. The molecule has 1 unspecified atom stereocenters. The van der Waals surface area contributed by atoms with Crippen molar-refractivity contribution in [3.05, 3.63) is 29.8 Å². The van der Waals surface area contributed by atoms with Crippen molar-refractivity contribution in [2.75, 3.05) is 13.7 Å². The summed E-state index contributed by atoms with van der Waals surface area (Å²) in [6.07, 6.45) is 4.13. The Kier molecular flexibility index (Phi) is 6.45. The largest absolute Gasteiger partial charge is 0.497 e. The van der Waals surface area contributed by atoms with Gasteiger partial charge in [-0.25, -0.2) is 0 Å². The van der Waals surface area contributed by atoms with Crippen molar-refractivity contribution in [2.45, 2.75) is 51.4 Å². The highest BCUT2D eigenvalue weighted by atomic mass is 16.5. The molecule has 0 saturated heterocycles. The fraction of sp³-hybridized carbons (Fsp3) is 0.600. The second-order valence-corrected chi connectivity index (χ2v) is 7.40. The Morgan fingerprint density at radius 1 is 1.28 bits per heavy atom. The van der Waals surface area contributed by atoms with Crippen molar-refractivity contribution in [2.24, 2.45) is 11.8 Å². The maximum atomic E-state index is 13.0. The summed E-state index contributed by atoms with van der Waals surface area (Å²) in [5.74, 6) is -0.451. The first-order valence-electron chi connectivity index (χ1n) is 9.04. The van der Waals surface area contributed by atoms with E-state index in [4.69, 9.17) is 4.74 Å². The molecule has 1 aliphatic rings. The Labute approximate surface area is 149 Å². The van der Waals surface area contributed by atoms with Crippen molar-refractivity contribution in [3.8, 4) is 5.75 Å². The number of rotatable bonds is 8. The van der Waals surface area contributed by atoms with Gasteiger partial charge in [0.1, 0.15) is 5.75 Å². The van der Waals surface area contributed by atoms with Crippen molar-refractivity contribution in [1.82, 2.24) is 5.32 Å². The van der Waals surface area contributed by atoms with E-state index in [-0.39, 0.29) is 18.4 Å². The molecule has 0 spiro atoms. The van der Waals surface area contributed by atoms with E-state index in [9.17, 15) is 14.7 Å². The quantitative estimate of drug-likeness (QED) is 0.756. The number of carbonyl (C=O) groups is 2. The number of hydrogen-bond acceptors (Lipinski definition) is 3. The minimum absolute atomic E-state index is 0.0618. The van der Waals surface area contributed by atoms with Crippen molar-refractivity contribution in [3.63, 3.8) is 0 Å². The molecule has 2 rings (SSSR count). The number of carboxylic acids is 1. The molecule has 0 heterocycles. The maximum Gasteiger partial charge on any atom is 0.308 e. The van der Waals surface area contributed by atoms with Gasteiger partial charge in [-0.1, -0.05) is 38.8 Å². The Hall–Kier alpha value is -2.04. The maximum absolute atomic E-state index is 13.0. The van der Waals surface area contributed by atoms with E-state index in [2.05, 4.69) is 5.32 Å². The number of ether oxygens (including phenoxy) is 1. The third kappa shape index (κ3) is 4.53. The fourth-order valence-corrected chi connectivity index (χ4v) is 3.77. The van der Waals surface area contributed by atoms with E-state index in [1.807, 2.05) is 38.1 Å². The molecule has 138 valence electrons. The summed E-state index contributed by atoms with van der Waals surface area (Å²) in [6.45, 7) is 4.16. The van der Waals surface area contributed by atoms with Crippen LogP contribution in [0.5, 0.6) is 5.75 Å². The van der Waals surface area contributed by atoms with Crippen LogP contribution >= 0.6 is 0 Å². The smallest absolute Gasteiger partial charge is 0.308 e. The zero-order chi connectivity index (χ0) is 18.4. The van der Waals surface area contributed by atoms with E-state index in [0.29, 0.717) is 6.42 Å². The van der Waals surface area contributed by atoms with Crippen LogP contribution in [-0.4, -0.2) is 30.6 Å². The van der Waals surface area contributed by atoms with Crippen molar-refractivity contribution < 1.29 is 19.4 Å². The highest BCUT2D eigenvalue weighted by Gasteiger charge is 2.43. The van der Waals surface area contributed by atoms with Gasteiger partial charge >= 0.3 is 5.97 Å². The zero-order valence-corrected chi connectivity index (χ0v) is 15.4. The van der Waals surface area contributed by atoms with Crippen LogP contribution in [-0.2, 0) is 15.0 Å². The number of carbonyl (C=O) groups excluding carboxylic acids is 1. The first-order valence-corrected chi connectivity index (χ1v) is 9.04. The number of amides is 1. The van der Waals surface area contributed by atoms with E-state index in [1.165, 1.54) is 0 Å². The lowest BCUT2D eigenvalue weighted by molar-refractivity contribution is -0.142. The molecule has 2 N–H and O–H groups in total. The van der Waals surface area contributed by atoms with Gasteiger partial charge in [-0.15, -0.1) is 0 Å². The van der Waals surface area contributed by atoms with Gasteiger partial charge in [-0.05, 0) is 42.9 Å². The molecule has 1 aromatic rings. The minimum Gasteiger partial charge on any atom is -0.497 e. The first-order chi connectivity index (χ1) is 11.9. The van der Waals surface area contributed by atoms with Crippen molar-refractivity contribution in [1.29, 1.82) is 0 Å². The molecule has 1 amide bonds. The lowest BCUT2D eigenvalue weighted by atomic mass is 9.77. The fourth-order valence-electron chi connectivity index (χ4n) is 3.77. The standard InChI is InChI=1S/C20H29NO4/c1-14(2)11-15(18(22)23)13-21-19(24)20(9-4-5-10-20)16-7-6-8-17(12-16)25-3/h6-8,12,14-15H,4-5,9-11,13H2,1-3H3,(H,21,24)(H,22,23). The highest BCUT2D eigenvalue weighted by molar-refractivity contribution is 5.89. The minimum atomic E-state index is -0.851. The summed E-state index contributed by atoms with van der Waals surface area (Å²) in [4.78, 5) is 24.5. The predicted molar refractivity (Wildman–Crippen MR) is 96.7 cm³/mol. The van der Waals surface area contributed by atoms with Crippen LogP contribution in [0.1, 0.15) is 51.5 Å². The Bertz CT molecular complexity index is 605. The highest BCUT2D eigenvalue weighted by Crippen LogP contribution is 2.42. The molecule has 5 heteroatoms. The molecular formula is C20H29NO4. The molecule has 0 aliphatic heterocycles. The number of benzene rings is 1. The van der Waals surface area contributed by atoms with Crippen LogP contribution in [0.3, 0.4) is 0 Å². The van der Waals surface area contributed by atoms with Crippen LogP contribution in [0.15, 0.2) is 24.3 Å². The van der Waals surface area contributed by atoms with Gasteiger partial charge < -0.3 is 15.2 Å². The third-order valence-electron chi connectivity index (χ3n) is 5.13. The molecule has 0 bridgehead atoms. The Balaban J connectivity index is 2.16. The monoisotopic (exact) mass is 347 g/mol. The zero-order valence-electron chi connectivity index (χ0n) is 15.4. The molecule has 0 radical (unpaired) electrons. The summed E-state index contributed by atoms with van der Waals surface area (Å²) in [5, 5.41) is 12.3. The molecule has 5 nitrogen and oxygen atoms in total. The summed E-state index contributed by atoms with van der Waals surface area (Å²) >= 11 is 0. The second-order valence-electron chi connectivity index (χ2n) is 7.40. The normalized spacial score (nSPS) is 17.3. The number of carboxylic acid groups (broad SMARTS) is 1. The van der Waals surface area contributed by atoms with E-state index >= 15 is 0 Å². The van der Waals surface area contributed by atoms with Gasteiger partial charge in [0.05, 0.1) is 18.4 Å². The number of aliphatic carboxylic acids is 1. The second kappa shape index (κ2) is 8.37. The molecular weight excluding hydrogens is 318 g/mol. The average molecular weight is 347 g/mol. The van der Waals surface area contributed by atoms with Gasteiger partial charge in [-0.2, -0.15) is 0 Å². The van der Waals surface area contributed by atoms with E-state index in [1.54, 1.807) is 7.11 Å². The van der Waals surface area contributed by atoms with Crippen molar-refractivity contribution >= 4 is 11.9 Å². The molecule has 1 fully saturated rings. The van der Waals surface area contributed by atoms with Crippen LogP contribution in [0, 0.1) is 11.8 Å². The predicted octanol–water partition coefficient (Wildman–Crippen LogP) is 3.37. The lowest BCUT2D eigenvalue weighted by Gasteiger charge is -2.29. The summed E-state index contributed by atoms with van der Waals surface area (Å²) < 4.78 is 5.30. The molecule has 1 saturated carbocycles. The van der Waals surface area contributed by atoms with Gasteiger partial charge in [0.2, 0.25) is 5.91 Å². The molecule has 1 atom stereocenters.